The van der Waals surface area contributed by atoms with Crippen molar-refractivity contribution in [1.82, 2.24) is 9.78 Å². The van der Waals surface area contributed by atoms with Gasteiger partial charge in [0.05, 0.1) is 12.3 Å². The van der Waals surface area contributed by atoms with E-state index in [-0.39, 0.29) is 25.1 Å². The number of rotatable bonds is 7. The smallest absolute Gasteiger partial charge is 0.348 e. The number of esters is 1. The Kier molecular flexibility index (Phi) is 6.69. The number of carbonyl (C=O) groups is 2. The van der Waals surface area contributed by atoms with Crippen molar-refractivity contribution in [3.05, 3.63) is 46.1 Å². The molecule has 0 aliphatic carbocycles. The fourth-order valence-electron chi connectivity index (χ4n) is 2.20. The summed E-state index contributed by atoms with van der Waals surface area (Å²) < 4.78 is 7.20. The minimum atomic E-state index is -1.19. The van der Waals surface area contributed by atoms with E-state index in [0.717, 1.165) is 10.0 Å². The van der Waals surface area contributed by atoms with Crippen LogP contribution in [0.15, 0.2) is 40.5 Å². The van der Waals surface area contributed by atoms with Gasteiger partial charge in [-0.3, -0.25) is 4.68 Å². The first-order valence-corrected chi connectivity index (χ1v) is 8.56. The van der Waals surface area contributed by atoms with Gasteiger partial charge in [0.15, 0.2) is 0 Å². The number of ether oxygens (including phenoxy) is 1. The predicted molar refractivity (Wildman–Crippen MR) is 95.2 cm³/mol. The molecule has 26 heavy (non-hydrogen) atoms. The average molecular weight is 417 g/mol. The molecule has 0 spiro atoms. The van der Waals surface area contributed by atoms with Gasteiger partial charge in [-0.05, 0) is 25.1 Å². The van der Waals surface area contributed by atoms with E-state index in [9.17, 15) is 20.0 Å². The Bertz CT molecular complexity index is 879. The Morgan fingerprint density at radius 2 is 2.08 bits per heavy atom. The number of aromatic nitrogens is 2. The lowest BCUT2D eigenvalue weighted by Crippen LogP contribution is -2.23. The van der Waals surface area contributed by atoms with E-state index >= 15 is 0 Å². The highest BCUT2D eigenvalue weighted by Gasteiger charge is 2.15. The minimum absolute atomic E-state index is 0.112. The number of benzene rings is 1. The molecule has 0 saturated carbocycles. The molecule has 0 unspecified atom stereocenters. The molecule has 0 fully saturated rings. The maximum Gasteiger partial charge on any atom is 0.348 e. The first-order valence-electron chi connectivity index (χ1n) is 7.76. The Hall–Kier alpha value is -2.92. The van der Waals surface area contributed by atoms with E-state index in [2.05, 4.69) is 21.0 Å². The maximum atomic E-state index is 11.9. The quantitative estimate of drug-likeness (QED) is 0.387. The molecule has 0 bridgehead atoms. The van der Waals surface area contributed by atoms with Crippen molar-refractivity contribution < 1.29 is 19.4 Å². The van der Waals surface area contributed by atoms with Crippen molar-refractivity contribution in [1.29, 1.82) is 5.26 Å². The fraction of sp³-hybridized carbons (Fsp3) is 0.222. The second kappa shape index (κ2) is 8.97. The van der Waals surface area contributed by atoms with E-state index in [4.69, 9.17) is 4.74 Å². The summed E-state index contributed by atoms with van der Waals surface area (Å²) in [5.74, 6) is -1.91. The lowest BCUT2D eigenvalue weighted by atomic mass is 10.1. The van der Waals surface area contributed by atoms with Crippen molar-refractivity contribution in [2.75, 3.05) is 6.61 Å². The monoisotopic (exact) mass is 416 g/mol. The van der Waals surface area contributed by atoms with Gasteiger partial charge in [0.1, 0.15) is 11.6 Å². The van der Waals surface area contributed by atoms with Crippen LogP contribution in [0.3, 0.4) is 0 Å². The van der Waals surface area contributed by atoms with Crippen LogP contribution in [0.25, 0.3) is 17.3 Å². The zero-order chi connectivity index (χ0) is 19.1. The summed E-state index contributed by atoms with van der Waals surface area (Å²) in [6.45, 7) is 1.92. The van der Waals surface area contributed by atoms with Gasteiger partial charge in [0, 0.05) is 40.7 Å². The summed E-state index contributed by atoms with van der Waals surface area (Å²) >= 11 is 3.36. The number of hydrogen-bond donors (Lipinski definition) is 0. The number of carboxylic acids is 1. The molecule has 8 heteroatoms. The number of hydrogen-bond acceptors (Lipinski definition) is 6. The molecular formula is C18H15BrN3O4-. The molecule has 2 rings (SSSR count). The molecule has 0 aliphatic heterocycles. The number of halogens is 1. The molecule has 0 N–H and O–H groups in total. The van der Waals surface area contributed by atoms with Gasteiger partial charge in [-0.15, -0.1) is 0 Å². The summed E-state index contributed by atoms with van der Waals surface area (Å²) in [5, 5.41) is 24.3. The van der Waals surface area contributed by atoms with Gasteiger partial charge in [-0.25, -0.2) is 4.79 Å². The molecule has 0 saturated heterocycles. The van der Waals surface area contributed by atoms with Gasteiger partial charge in [-0.2, -0.15) is 10.4 Å². The molecule has 1 aromatic carbocycles. The molecule has 1 aromatic heterocycles. The Morgan fingerprint density at radius 1 is 1.38 bits per heavy atom. The molecule has 0 radical (unpaired) electrons. The van der Waals surface area contributed by atoms with Gasteiger partial charge in [0.25, 0.3) is 0 Å². The lowest BCUT2D eigenvalue weighted by molar-refractivity contribution is -0.306. The summed E-state index contributed by atoms with van der Waals surface area (Å²) in [4.78, 5) is 22.5. The Morgan fingerprint density at radius 3 is 2.65 bits per heavy atom. The van der Waals surface area contributed by atoms with Crippen molar-refractivity contribution >= 4 is 33.9 Å². The van der Waals surface area contributed by atoms with Crippen LogP contribution in [-0.2, 0) is 20.9 Å². The van der Waals surface area contributed by atoms with Crippen molar-refractivity contribution in [3.8, 4) is 17.3 Å². The molecule has 134 valence electrons. The van der Waals surface area contributed by atoms with E-state index in [1.54, 1.807) is 13.1 Å². The van der Waals surface area contributed by atoms with Gasteiger partial charge in [-0.1, -0.05) is 28.1 Å². The van der Waals surface area contributed by atoms with Crippen LogP contribution in [0.2, 0.25) is 0 Å². The lowest BCUT2D eigenvalue weighted by Gasteiger charge is -2.02. The fourth-order valence-corrected chi connectivity index (χ4v) is 2.46. The second-order valence-corrected chi connectivity index (χ2v) is 6.13. The molecule has 0 atom stereocenters. The van der Waals surface area contributed by atoms with Crippen LogP contribution in [-0.4, -0.2) is 28.3 Å². The van der Waals surface area contributed by atoms with E-state index in [0.29, 0.717) is 11.3 Å². The van der Waals surface area contributed by atoms with Crippen molar-refractivity contribution in [3.63, 3.8) is 0 Å². The van der Waals surface area contributed by atoms with Gasteiger partial charge in [0.2, 0.25) is 0 Å². The van der Waals surface area contributed by atoms with E-state index < -0.39 is 11.9 Å². The molecule has 7 nitrogen and oxygen atoms in total. The normalized spacial score (nSPS) is 11.0. The highest BCUT2D eigenvalue weighted by Crippen LogP contribution is 2.26. The topological polar surface area (TPSA) is 108 Å². The summed E-state index contributed by atoms with van der Waals surface area (Å²) in [6, 6.07) is 9.13. The number of nitrogens with zero attached hydrogens (tertiary/aromatic N) is 3. The Balaban J connectivity index is 2.47. The standard InChI is InChI=1S/C18H16BrN3O4/c1-2-26-18(25)13(10-20)9-14-11-22(8-7-16(23)24)21-17(14)12-3-5-15(19)6-4-12/h3-6,9,11H,2,7-8H2,1H3,(H,23,24)/p-1/b13-9-. The van der Waals surface area contributed by atoms with Crippen LogP contribution in [0.4, 0.5) is 0 Å². The number of aryl methyl sites for hydroxylation is 1. The van der Waals surface area contributed by atoms with Gasteiger partial charge >= 0.3 is 5.97 Å². The van der Waals surface area contributed by atoms with Gasteiger partial charge < -0.3 is 14.6 Å². The van der Waals surface area contributed by atoms with Crippen LogP contribution in [0.5, 0.6) is 0 Å². The second-order valence-electron chi connectivity index (χ2n) is 5.22. The van der Waals surface area contributed by atoms with Crippen LogP contribution < -0.4 is 5.11 Å². The Labute approximate surface area is 158 Å². The van der Waals surface area contributed by atoms with Crippen LogP contribution in [0, 0.1) is 11.3 Å². The summed E-state index contributed by atoms with van der Waals surface area (Å²) in [5.41, 5.74) is 1.63. The number of aliphatic carboxylic acids is 1. The highest BCUT2D eigenvalue weighted by atomic mass is 79.9. The molecular weight excluding hydrogens is 402 g/mol. The zero-order valence-electron chi connectivity index (χ0n) is 13.9. The minimum Gasteiger partial charge on any atom is -0.550 e. The number of carboxylic acid groups (broad SMARTS) is 1. The molecule has 0 aliphatic rings. The third-order valence-electron chi connectivity index (χ3n) is 3.37. The molecule has 0 amide bonds. The predicted octanol–water partition coefficient (Wildman–Crippen LogP) is 1.92. The zero-order valence-corrected chi connectivity index (χ0v) is 15.5. The third-order valence-corrected chi connectivity index (χ3v) is 3.90. The third kappa shape index (κ3) is 5.04. The first-order chi connectivity index (χ1) is 12.4. The van der Waals surface area contributed by atoms with Crippen LogP contribution in [0.1, 0.15) is 18.9 Å². The average Bonchev–Trinajstić information content (AvgIpc) is 3.01. The largest absolute Gasteiger partial charge is 0.550 e. The number of carbonyl (C=O) groups excluding carboxylic acids is 2. The summed E-state index contributed by atoms with van der Waals surface area (Å²) in [6.07, 6.45) is 2.77. The molecule has 2 aromatic rings. The van der Waals surface area contributed by atoms with E-state index in [1.807, 2.05) is 30.3 Å². The number of nitriles is 1. The van der Waals surface area contributed by atoms with Crippen LogP contribution >= 0.6 is 15.9 Å². The molecule has 1 heterocycles. The van der Waals surface area contributed by atoms with Crippen molar-refractivity contribution in [2.24, 2.45) is 0 Å². The SMILES string of the molecule is CCOC(=O)/C(C#N)=C\c1cn(CCC(=O)[O-])nc1-c1ccc(Br)cc1. The van der Waals surface area contributed by atoms with E-state index in [1.165, 1.54) is 10.8 Å². The highest BCUT2D eigenvalue weighted by molar-refractivity contribution is 9.10. The summed E-state index contributed by atoms with van der Waals surface area (Å²) in [7, 11) is 0. The first kappa shape index (κ1) is 19.4. The maximum absolute atomic E-state index is 11.9. The van der Waals surface area contributed by atoms with Crippen molar-refractivity contribution in [2.45, 2.75) is 19.9 Å².